The molecule has 2 aromatic rings. The molecular formula is C15H15N3. The van der Waals surface area contributed by atoms with Crippen LogP contribution in [0.15, 0.2) is 51.6 Å². The third kappa shape index (κ3) is 1.72. The van der Waals surface area contributed by atoms with Crippen LogP contribution < -0.4 is 0 Å². The summed E-state index contributed by atoms with van der Waals surface area (Å²) in [5.41, 5.74) is 3.51. The van der Waals surface area contributed by atoms with Crippen molar-refractivity contribution >= 4 is 22.2 Å². The Morgan fingerprint density at radius 1 is 1.17 bits per heavy atom. The lowest BCUT2D eigenvalue weighted by molar-refractivity contribution is 0.864. The van der Waals surface area contributed by atoms with Crippen LogP contribution in [0.2, 0.25) is 0 Å². The van der Waals surface area contributed by atoms with Gasteiger partial charge in [-0.05, 0) is 29.3 Å². The maximum absolute atomic E-state index is 4.68. The van der Waals surface area contributed by atoms with E-state index in [0.717, 1.165) is 17.8 Å². The Kier molecular flexibility index (Phi) is 2.67. The highest BCUT2D eigenvalue weighted by Gasteiger charge is 2.20. The fourth-order valence-corrected chi connectivity index (χ4v) is 2.47. The zero-order valence-electron chi connectivity index (χ0n) is 10.6. The predicted molar refractivity (Wildman–Crippen MR) is 75.0 cm³/mol. The minimum Gasteiger partial charge on any atom is -0.255 e. The molecule has 0 saturated heterocycles. The number of hydrogen-bond donors (Lipinski definition) is 0. The van der Waals surface area contributed by atoms with Gasteiger partial charge >= 0.3 is 0 Å². The average Bonchev–Trinajstić information content (AvgIpc) is 2.83. The molecule has 1 aliphatic heterocycles. The van der Waals surface area contributed by atoms with Crippen molar-refractivity contribution in [2.45, 2.75) is 19.4 Å². The summed E-state index contributed by atoms with van der Waals surface area (Å²) in [7, 11) is 1.70. The van der Waals surface area contributed by atoms with Gasteiger partial charge in [0, 0.05) is 19.2 Å². The Labute approximate surface area is 106 Å². The largest absolute Gasteiger partial charge is 0.255 e. The highest BCUT2D eigenvalue weighted by Crippen LogP contribution is 2.34. The van der Waals surface area contributed by atoms with Gasteiger partial charge in [-0.25, -0.2) is 0 Å². The van der Waals surface area contributed by atoms with Gasteiger partial charge in [0.1, 0.15) is 6.04 Å². The van der Waals surface area contributed by atoms with Gasteiger partial charge in [0.25, 0.3) is 0 Å². The summed E-state index contributed by atoms with van der Waals surface area (Å²) in [6, 6.07) is 12.8. The third-order valence-electron chi connectivity index (χ3n) is 3.41. The summed E-state index contributed by atoms with van der Waals surface area (Å²) >= 11 is 0. The fraction of sp³-hybridized carbons (Fsp3) is 0.267. The van der Waals surface area contributed by atoms with Gasteiger partial charge in [-0.3, -0.25) is 4.99 Å². The number of fused-ring (bicyclic) bond motifs is 3. The van der Waals surface area contributed by atoms with E-state index in [-0.39, 0.29) is 6.04 Å². The van der Waals surface area contributed by atoms with E-state index in [0.29, 0.717) is 0 Å². The topological polar surface area (TPSA) is 37.1 Å². The van der Waals surface area contributed by atoms with Crippen molar-refractivity contribution in [3.05, 3.63) is 42.0 Å². The van der Waals surface area contributed by atoms with E-state index in [2.05, 4.69) is 51.6 Å². The minimum atomic E-state index is 0.0705. The lowest BCUT2D eigenvalue weighted by Crippen LogP contribution is -2.13. The highest BCUT2D eigenvalue weighted by atomic mass is 15.1. The Morgan fingerprint density at radius 3 is 2.83 bits per heavy atom. The standard InChI is InChI=1S/C15H15N3/c1-10(18-16-2)15-9-13-12-6-4-3-5-11(12)7-8-14(13)17-15/h3-8,10H,9H2,1-2H3/b18-16+. The van der Waals surface area contributed by atoms with Crippen molar-refractivity contribution < 1.29 is 0 Å². The monoisotopic (exact) mass is 237 g/mol. The van der Waals surface area contributed by atoms with Gasteiger partial charge in [0.15, 0.2) is 0 Å². The summed E-state index contributed by atoms with van der Waals surface area (Å²) in [4.78, 5) is 4.68. The van der Waals surface area contributed by atoms with Crippen molar-refractivity contribution in [2.24, 2.45) is 15.2 Å². The zero-order chi connectivity index (χ0) is 12.5. The average molecular weight is 237 g/mol. The molecule has 1 atom stereocenters. The molecule has 18 heavy (non-hydrogen) atoms. The molecule has 90 valence electrons. The van der Waals surface area contributed by atoms with Crippen molar-refractivity contribution in [1.82, 2.24) is 0 Å². The first-order valence-corrected chi connectivity index (χ1v) is 6.16. The van der Waals surface area contributed by atoms with E-state index in [4.69, 9.17) is 0 Å². The molecule has 1 aliphatic rings. The Balaban J connectivity index is 2.06. The summed E-state index contributed by atoms with van der Waals surface area (Å²) < 4.78 is 0. The molecule has 0 amide bonds. The number of hydrogen-bond acceptors (Lipinski definition) is 3. The van der Waals surface area contributed by atoms with E-state index in [1.165, 1.54) is 16.3 Å². The minimum absolute atomic E-state index is 0.0705. The molecule has 1 unspecified atom stereocenters. The maximum Gasteiger partial charge on any atom is 0.106 e. The van der Waals surface area contributed by atoms with Crippen LogP contribution in [0.1, 0.15) is 12.5 Å². The smallest absolute Gasteiger partial charge is 0.106 e. The van der Waals surface area contributed by atoms with Crippen molar-refractivity contribution in [3.8, 4) is 0 Å². The van der Waals surface area contributed by atoms with E-state index >= 15 is 0 Å². The highest BCUT2D eigenvalue weighted by molar-refractivity contribution is 6.03. The number of benzene rings is 2. The predicted octanol–water partition coefficient (Wildman–Crippen LogP) is 3.94. The molecule has 0 radical (unpaired) electrons. The van der Waals surface area contributed by atoms with Crippen LogP contribution >= 0.6 is 0 Å². The number of nitrogens with zero attached hydrogens (tertiary/aromatic N) is 3. The van der Waals surface area contributed by atoms with E-state index in [9.17, 15) is 0 Å². The molecule has 2 aromatic carbocycles. The molecule has 1 heterocycles. The molecule has 0 aliphatic carbocycles. The van der Waals surface area contributed by atoms with Crippen molar-refractivity contribution in [2.75, 3.05) is 7.05 Å². The maximum atomic E-state index is 4.68. The van der Waals surface area contributed by atoms with Gasteiger partial charge in [-0.15, -0.1) is 0 Å². The molecule has 3 nitrogen and oxygen atoms in total. The van der Waals surface area contributed by atoms with Gasteiger partial charge in [-0.1, -0.05) is 30.3 Å². The Morgan fingerprint density at radius 2 is 2.00 bits per heavy atom. The number of aliphatic imine (C=N–C) groups is 1. The van der Waals surface area contributed by atoms with E-state index in [1.807, 2.05) is 6.92 Å². The third-order valence-corrected chi connectivity index (χ3v) is 3.41. The summed E-state index contributed by atoms with van der Waals surface area (Å²) in [6.45, 7) is 2.04. The molecule has 0 saturated carbocycles. The summed E-state index contributed by atoms with van der Waals surface area (Å²) in [5.74, 6) is 0. The SMILES string of the molecule is C/N=N/C(C)C1=Nc2ccc3ccccc3c2C1. The normalized spacial score (nSPS) is 16.0. The lowest BCUT2D eigenvalue weighted by atomic mass is 9.99. The van der Waals surface area contributed by atoms with Crippen molar-refractivity contribution in [1.29, 1.82) is 0 Å². The molecule has 3 rings (SSSR count). The van der Waals surface area contributed by atoms with Crippen LogP contribution in [0, 0.1) is 0 Å². The second-order valence-corrected chi connectivity index (χ2v) is 4.56. The number of rotatable bonds is 2. The lowest BCUT2D eigenvalue weighted by Gasteiger charge is -2.05. The Bertz CT molecular complexity index is 656. The molecular weight excluding hydrogens is 222 g/mol. The van der Waals surface area contributed by atoms with Crippen LogP contribution in [0.3, 0.4) is 0 Å². The summed E-state index contributed by atoms with van der Waals surface area (Å²) in [6.07, 6.45) is 0.886. The van der Waals surface area contributed by atoms with Crippen LogP contribution in [-0.2, 0) is 6.42 Å². The van der Waals surface area contributed by atoms with Crippen molar-refractivity contribution in [3.63, 3.8) is 0 Å². The first kappa shape index (κ1) is 11.1. The number of azo groups is 1. The van der Waals surface area contributed by atoms with Crippen LogP contribution in [-0.4, -0.2) is 18.8 Å². The van der Waals surface area contributed by atoms with Crippen LogP contribution in [0.4, 0.5) is 5.69 Å². The zero-order valence-corrected chi connectivity index (χ0v) is 10.6. The second kappa shape index (κ2) is 4.33. The molecule has 0 spiro atoms. The molecule has 0 N–H and O–H groups in total. The van der Waals surface area contributed by atoms with Gasteiger partial charge < -0.3 is 0 Å². The van der Waals surface area contributed by atoms with Crippen LogP contribution in [0.25, 0.3) is 10.8 Å². The van der Waals surface area contributed by atoms with E-state index < -0.39 is 0 Å². The quantitative estimate of drug-likeness (QED) is 0.709. The fourth-order valence-electron chi connectivity index (χ4n) is 2.47. The molecule has 0 aromatic heterocycles. The van der Waals surface area contributed by atoms with Gasteiger partial charge in [0.05, 0.1) is 5.69 Å². The molecule has 0 fully saturated rings. The summed E-state index contributed by atoms with van der Waals surface area (Å²) in [5, 5.41) is 10.6. The molecule has 0 bridgehead atoms. The van der Waals surface area contributed by atoms with E-state index in [1.54, 1.807) is 7.05 Å². The Hall–Kier alpha value is -2.03. The van der Waals surface area contributed by atoms with Gasteiger partial charge in [-0.2, -0.15) is 10.2 Å². The van der Waals surface area contributed by atoms with Gasteiger partial charge in [0.2, 0.25) is 0 Å². The second-order valence-electron chi connectivity index (χ2n) is 4.56. The first-order chi connectivity index (χ1) is 8.79. The van der Waals surface area contributed by atoms with Crippen LogP contribution in [0.5, 0.6) is 0 Å². The first-order valence-electron chi connectivity index (χ1n) is 6.16. The molecule has 3 heteroatoms.